The zero-order valence-electron chi connectivity index (χ0n) is 10.6. The molecule has 0 N–H and O–H groups in total. The highest BCUT2D eigenvalue weighted by Crippen LogP contribution is 2.38. The van der Waals surface area contributed by atoms with Gasteiger partial charge in [-0.05, 0) is 5.56 Å². The molecule has 0 saturated carbocycles. The molecule has 0 aliphatic carbocycles. The van der Waals surface area contributed by atoms with Crippen LogP contribution in [0.25, 0.3) is 0 Å². The van der Waals surface area contributed by atoms with Gasteiger partial charge >= 0.3 is 6.18 Å². The van der Waals surface area contributed by atoms with E-state index in [1.807, 2.05) is 0 Å². The van der Waals surface area contributed by atoms with Gasteiger partial charge in [0.05, 0.1) is 5.92 Å². The predicted octanol–water partition coefficient (Wildman–Crippen LogP) is 4.61. The van der Waals surface area contributed by atoms with Crippen LogP contribution in [0.15, 0.2) is 60.7 Å². The Morgan fingerprint density at radius 3 is 1.90 bits per heavy atom. The SMILES string of the molecule is O=C(C[C@H](c1ccccc1)C(F)(F)F)c1ccccc1. The van der Waals surface area contributed by atoms with Crippen LogP contribution in [0.1, 0.15) is 28.3 Å². The van der Waals surface area contributed by atoms with Gasteiger partial charge in [-0.25, -0.2) is 0 Å². The topological polar surface area (TPSA) is 17.1 Å². The molecule has 4 heteroatoms. The van der Waals surface area contributed by atoms with Crippen LogP contribution in [0.4, 0.5) is 13.2 Å². The standard InChI is InChI=1S/C16H13F3O/c17-16(18,19)14(12-7-3-1-4-8-12)11-15(20)13-9-5-2-6-10-13/h1-10,14H,11H2/t14-/m1/s1. The average molecular weight is 278 g/mol. The van der Waals surface area contributed by atoms with Crippen molar-refractivity contribution in [1.29, 1.82) is 0 Å². The van der Waals surface area contributed by atoms with Crippen molar-refractivity contribution in [3.63, 3.8) is 0 Å². The van der Waals surface area contributed by atoms with Crippen LogP contribution in [0, 0.1) is 0 Å². The van der Waals surface area contributed by atoms with E-state index in [0.29, 0.717) is 5.56 Å². The molecule has 0 fully saturated rings. The third kappa shape index (κ3) is 3.47. The van der Waals surface area contributed by atoms with Crippen LogP contribution in [-0.2, 0) is 0 Å². The van der Waals surface area contributed by atoms with Crippen LogP contribution in [0.3, 0.4) is 0 Å². The van der Waals surface area contributed by atoms with E-state index in [0.717, 1.165) is 0 Å². The molecule has 20 heavy (non-hydrogen) atoms. The third-order valence-electron chi connectivity index (χ3n) is 3.08. The number of ketones is 1. The second-order valence-corrected chi connectivity index (χ2v) is 4.50. The van der Waals surface area contributed by atoms with Crippen LogP contribution >= 0.6 is 0 Å². The Hall–Kier alpha value is -2.10. The average Bonchev–Trinajstić information content (AvgIpc) is 2.45. The molecule has 0 aromatic heterocycles. The van der Waals surface area contributed by atoms with Crippen LogP contribution in [-0.4, -0.2) is 12.0 Å². The summed E-state index contributed by atoms with van der Waals surface area (Å²) in [5.74, 6) is -2.27. The maximum absolute atomic E-state index is 13.1. The maximum Gasteiger partial charge on any atom is 0.396 e. The number of alkyl halides is 3. The second kappa shape index (κ2) is 5.90. The van der Waals surface area contributed by atoms with E-state index < -0.39 is 24.3 Å². The van der Waals surface area contributed by atoms with Gasteiger partial charge in [-0.3, -0.25) is 4.79 Å². The normalized spacial score (nSPS) is 12.9. The zero-order valence-corrected chi connectivity index (χ0v) is 10.6. The number of carbonyl (C=O) groups is 1. The summed E-state index contributed by atoms with van der Waals surface area (Å²) in [6, 6.07) is 15.6. The van der Waals surface area contributed by atoms with Crippen molar-refractivity contribution in [1.82, 2.24) is 0 Å². The Morgan fingerprint density at radius 2 is 1.40 bits per heavy atom. The van der Waals surface area contributed by atoms with Gasteiger partial charge in [0.1, 0.15) is 0 Å². The molecule has 0 aliphatic heterocycles. The summed E-state index contributed by atoms with van der Waals surface area (Å²) in [4.78, 5) is 12.0. The third-order valence-corrected chi connectivity index (χ3v) is 3.08. The monoisotopic (exact) mass is 278 g/mol. The molecule has 0 saturated heterocycles. The molecule has 0 amide bonds. The molecule has 2 rings (SSSR count). The van der Waals surface area contributed by atoms with E-state index in [1.165, 1.54) is 24.3 Å². The Kier molecular flexibility index (Phi) is 4.23. The molecule has 2 aromatic rings. The summed E-state index contributed by atoms with van der Waals surface area (Å²) >= 11 is 0. The largest absolute Gasteiger partial charge is 0.396 e. The molecule has 2 aromatic carbocycles. The highest BCUT2D eigenvalue weighted by atomic mass is 19.4. The first-order valence-corrected chi connectivity index (χ1v) is 6.18. The number of carbonyl (C=O) groups excluding carboxylic acids is 1. The van der Waals surface area contributed by atoms with E-state index in [4.69, 9.17) is 0 Å². The first-order valence-electron chi connectivity index (χ1n) is 6.18. The number of Topliss-reactive ketones (excluding diaryl/α,β-unsaturated/α-hetero) is 1. The Bertz CT molecular complexity index is 561. The lowest BCUT2D eigenvalue weighted by Crippen LogP contribution is -2.23. The minimum absolute atomic E-state index is 0.115. The van der Waals surface area contributed by atoms with Gasteiger partial charge in [-0.15, -0.1) is 0 Å². The summed E-state index contributed by atoms with van der Waals surface area (Å²) in [7, 11) is 0. The molecule has 0 radical (unpaired) electrons. The number of benzene rings is 2. The maximum atomic E-state index is 13.1. The lowest BCUT2D eigenvalue weighted by atomic mass is 9.91. The summed E-state index contributed by atoms with van der Waals surface area (Å²) in [5, 5.41) is 0. The smallest absolute Gasteiger partial charge is 0.294 e. The number of halogens is 3. The molecule has 1 nitrogen and oxygen atoms in total. The van der Waals surface area contributed by atoms with Gasteiger partial charge in [0, 0.05) is 12.0 Å². The summed E-state index contributed by atoms with van der Waals surface area (Å²) in [6.07, 6.45) is -5.01. The summed E-state index contributed by atoms with van der Waals surface area (Å²) < 4.78 is 39.4. The highest BCUT2D eigenvalue weighted by Gasteiger charge is 2.41. The fourth-order valence-corrected chi connectivity index (χ4v) is 2.04. The fourth-order valence-electron chi connectivity index (χ4n) is 2.04. The van der Waals surface area contributed by atoms with Crippen molar-refractivity contribution in [3.05, 3.63) is 71.8 Å². The molecular formula is C16H13F3O. The van der Waals surface area contributed by atoms with Gasteiger partial charge in [0.2, 0.25) is 0 Å². The van der Waals surface area contributed by atoms with E-state index in [9.17, 15) is 18.0 Å². The quantitative estimate of drug-likeness (QED) is 0.747. The molecule has 0 unspecified atom stereocenters. The summed E-state index contributed by atoms with van der Waals surface area (Å²) in [6.45, 7) is 0. The lowest BCUT2D eigenvalue weighted by molar-refractivity contribution is -0.149. The minimum atomic E-state index is -4.44. The van der Waals surface area contributed by atoms with E-state index >= 15 is 0 Å². The highest BCUT2D eigenvalue weighted by molar-refractivity contribution is 5.96. The minimum Gasteiger partial charge on any atom is -0.294 e. The molecule has 1 atom stereocenters. The lowest BCUT2D eigenvalue weighted by Gasteiger charge is -2.20. The van der Waals surface area contributed by atoms with E-state index in [-0.39, 0.29) is 5.56 Å². The van der Waals surface area contributed by atoms with Gasteiger partial charge < -0.3 is 0 Å². The number of hydrogen-bond acceptors (Lipinski definition) is 1. The Labute approximate surface area is 115 Å². The van der Waals surface area contributed by atoms with Gasteiger partial charge in [-0.2, -0.15) is 13.2 Å². The summed E-state index contributed by atoms with van der Waals surface area (Å²) in [5.41, 5.74) is 0.418. The second-order valence-electron chi connectivity index (χ2n) is 4.50. The molecule has 0 heterocycles. The van der Waals surface area contributed by atoms with Crippen molar-refractivity contribution in [3.8, 4) is 0 Å². The fraction of sp³-hybridized carbons (Fsp3) is 0.188. The van der Waals surface area contributed by atoms with Crippen molar-refractivity contribution in [2.24, 2.45) is 0 Å². The van der Waals surface area contributed by atoms with E-state index in [2.05, 4.69) is 0 Å². The van der Waals surface area contributed by atoms with Gasteiger partial charge in [0.15, 0.2) is 5.78 Å². The number of hydrogen-bond donors (Lipinski definition) is 0. The van der Waals surface area contributed by atoms with Crippen molar-refractivity contribution >= 4 is 5.78 Å². The van der Waals surface area contributed by atoms with Crippen LogP contribution < -0.4 is 0 Å². The molecular weight excluding hydrogens is 265 g/mol. The number of rotatable bonds is 4. The van der Waals surface area contributed by atoms with Crippen LogP contribution in [0.2, 0.25) is 0 Å². The Balaban J connectivity index is 2.24. The predicted molar refractivity (Wildman–Crippen MR) is 70.6 cm³/mol. The first-order chi connectivity index (χ1) is 9.48. The molecule has 0 bridgehead atoms. The Morgan fingerprint density at radius 1 is 0.900 bits per heavy atom. The van der Waals surface area contributed by atoms with Crippen molar-refractivity contribution < 1.29 is 18.0 Å². The van der Waals surface area contributed by atoms with Gasteiger partial charge in [-0.1, -0.05) is 60.7 Å². The zero-order chi connectivity index (χ0) is 14.6. The molecule has 0 aliphatic rings. The van der Waals surface area contributed by atoms with Crippen LogP contribution in [0.5, 0.6) is 0 Å². The molecule has 0 spiro atoms. The van der Waals surface area contributed by atoms with E-state index in [1.54, 1.807) is 36.4 Å². The van der Waals surface area contributed by atoms with Crippen molar-refractivity contribution in [2.75, 3.05) is 0 Å². The first kappa shape index (κ1) is 14.3. The van der Waals surface area contributed by atoms with Gasteiger partial charge in [0.25, 0.3) is 0 Å². The molecule has 104 valence electrons. The van der Waals surface area contributed by atoms with Crippen molar-refractivity contribution in [2.45, 2.75) is 18.5 Å².